The maximum atomic E-state index is 6.60. The van der Waals surface area contributed by atoms with Gasteiger partial charge in [0.1, 0.15) is 0 Å². The normalized spacial score (nSPS) is 28.4. The molecule has 0 aromatic heterocycles. The third-order valence-electron chi connectivity index (χ3n) is 4.60. The summed E-state index contributed by atoms with van der Waals surface area (Å²) in [4.78, 5) is 0. The molecule has 0 aliphatic heterocycles. The number of hydrogen-bond donors (Lipinski definition) is 1. The first-order valence-electron chi connectivity index (χ1n) is 6.97. The molecule has 1 fully saturated rings. The SMILES string of the molecule is CC(C)(C)C1CCC(N)(c2ccc(Cl)c(Cl)c2)CC1. The third-order valence-corrected chi connectivity index (χ3v) is 5.34. The van der Waals surface area contributed by atoms with Gasteiger partial charge in [0.05, 0.1) is 10.0 Å². The first kappa shape index (κ1) is 15.2. The Balaban J connectivity index is 2.15. The van der Waals surface area contributed by atoms with Crippen LogP contribution in [0.4, 0.5) is 0 Å². The molecule has 1 aliphatic rings. The topological polar surface area (TPSA) is 26.0 Å². The predicted octanol–water partition coefficient (Wildman–Crippen LogP) is 5.38. The van der Waals surface area contributed by atoms with Crippen LogP contribution >= 0.6 is 23.2 Å². The Morgan fingerprint density at radius 3 is 2.16 bits per heavy atom. The monoisotopic (exact) mass is 299 g/mol. The van der Waals surface area contributed by atoms with Crippen LogP contribution in [-0.4, -0.2) is 0 Å². The molecule has 0 radical (unpaired) electrons. The molecule has 1 aromatic carbocycles. The van der Waals surface area contributed by atoms with Crippen LogP contribution in [0, 0.1) is 11.3 Å². The second-order valence-electron chi connectivity index (χ2n) is 6.93. The maximum Gasteiger partial charge on any atom is 0.0595 e. The molecule has 0 unspecified atom stereocenters. The van der Waals surface area contributed by atoms with Crippen molar-refractivity contribution in [3.05, 3.63) is 33.8 Å². The fourth-order valence-corrected chi connectivity index (χ4v) is 3.39. The summed E-state index contributed by atoms with van der Waals surface area (Å²) in [6.45, 7) is 6.96. The molecule has 106 valence electrons. The van der Waals surface area contributed by atoms with Gasteiger partial charge in [-0.25, -0.2) is 0 Å². The third kappa shape index (κ3) is 3.26. The van der Waals surface area contributed by atoms with Crippen LogP contribution < -0.4 is 5.73 Å². The highest BCUT2D eigenvalue weighted by atomic mass is 35.5. The van der Waals surface area contributed by atoms with Crippen molar-refractivity contribution >= 4 is 23.2 Å². The van der Waals surface area contributed by atoms with Gasteiger partial charge in [0.15, 0.2) is 0 Å². The van der Waals surface area contributed by atoms with E-state index in [1.165, 1.54) is 12.8 Å². The molecule has 1 saturated carbocycles. The van der Waals surface area contributed by atoms with Gasteiger partial charge in [-0.1, -0.05) is 50.0 Å². The molecular weight excluding hydrogens is 277 g/mol. The smallest absolute Gasteiger partial charge is 0.0595 e. The van der Waals surface area contributed by atoms with E-state index in [0.717, 1.165) is 24.3 Å². The number of rotatable bonds is 1. The fourth-order valence-electron chi connectivity index (χ4n) is 3.09. The lowest BCUT2D eigenvalue weighted by molar-refractivity contribution is 0.134. The minimum absolute atomic E-state index is 0.240. The Morgan fingerprint density at radius 2 is 1.68 bits per heavy atom. The lowest BCUT2D eigenvalue weighted by Crippen LogP contribution is -2.42. The average Bonchev–Trinajstić information content (AvgIpc) is 2.32. The van der Waals surface area contributed by atoms with E-state index in [1.807, 2.05) is 18.2 Å². The van der Waals surface area contributed by atoms with Crippen molar-refractivity contribution in [2.75, 3.05) is 0 Å². The minimum Gasteiger partial charge on any atom is -0.321 e. The van der Waals surface area contributed by atoms with E-state index in [2.05, 4.69) is 20.8 Å². The molecule has 0 saturated heterocycles. The molecule has 0 amide bonds. The summed E-state index contributed by atoms with van der Waals surface area (Å²) in [6, 6.07) is 5.80. The first-order valence-corrected chi connectivity index (χ1v) is 7.72. The molecule has 1 aliphatic carbocycles. The quantitative estimate of drug-likeness (QED) is 0.740. The van der Waals surface area contributed by atoms with Crippen LogP contribution in [0.15, 0.2) is 18.2 Å². The van der Waals surface area contributed by atoms with Crippen molar-refractivity contribution in [1.29, 1.82) is 0 Å². The Kier molecular flexibility index (Phi) is 4.21. The molecule has 0 heterocycles. The van der Waals surface area contributed by atoms with Gasteiger partial charge >= 0.3 is 0 Å². The highest BCUT2D eigenvalue weighted by Gasteiger charge is 2.37. The molecule has 0 bridgehead atoms. The second kappa shape index (κ2) is 5.27. The van der Waals surface area contributed by atoms with Gasteiger partial charge in [-0.15, -0.1) is 0 Å². The molecule has 0 spiro atoms. The molecular formula is C16H23Cl2N. The van der Waals surface area contributed by atoms with E-state index in [4.69, 9.17) is 28.9 Å². The van der Waals surface area contributed by atoms with Crippen molar-refractivity contribution in [1.82, 2.24) is 0 Å². The molecule has 0 atom stereocenters. The van der Waals surface area contributed by atoms with E-state index in [-0.39, 0.29) is 5.54 Å². The second-order valence-corrected chi connectivity index (χ2v) is 7.74. The number of nitrogens with two attached hydrogens (primary N) is 1. The van der Waals surface area contributed by atoms with Crippen molar-refractivity contribution in [3.8, 4) is 0 Å². The van der Waals surface area contributed by atoms with Gasteiger partial charge in [-0.2, -0.15) is 0 Å². The molecule has 3 heteroatoms. The predicted molar refractivity (Wildman–Crippen MR) is 83.7 cm³/mol. The van der Waals surface area contributed by atoms with Gasteiger partial charge in [0.25, 0.3) is 0 Å². The maximum absolute atomic E-state index is 6.60. The zero-order chi connectivity index (χ0) is 14.3. The molecule has 1 aromatic rings. The summed E-state index contributed by atoms with van der Waals surface area (Å²) in [6.07, 6.45) is 4.40. The van der Waals surface area contributed by atoms with Gasteiger partial charge in [0, 0.05) is 5.54 Å². The summed E-state index contributed by atoms with van der Waals surface area (Å²) in [7, 11) is 0. The van der Waals surface area contributed by atoms with Gasteiger partial charge in [-0.05, 0) is 54.7 Å². The zero-order valence-electron chi connectivity index (χ0n) is 12.0. The summed E-state index contributed by atoms with van der Waals surface area (Å²) in [5.41, 5.74) is 7.86. The van der Waals surface area contributed by atoms with Gasteiger partial charge in [-0.3, -0.25) is 0 Å². The Hall–Kier alpha value is -0.240. The summed E-state index contributed by atoms with van der Waals surface area (Å²) in [5.74, 6) is 0.756. The number of halogens is 2. The Morgan fingerprint density at radius 1 is 1.11 bits per heavy atom. The van der Waals surface area contributed by atoms with Crippen LogP contribution in [0.3, 0.4) is 0 Å². The van der Waals surface area contributed by atoms with E-state index in [9.17, 15) is 0 Å². The summed E-state index contributed by atoms with van der Waals surface area (Å²) < 4.78 is 0. The van der Waals surface area contributed by atoms with Gasteiger partial charge < -0.3 is 5.73 Å². The Labute approximate surface area is 126 Å². The van der Waals surface area contributed by atoms with E-state index >= 15 is 0 Å². The molecule has 2 N–H and O–H groups in total. The zero-order valence-corrected chi connectivity index (χ0v) is 13.5. The standard InChI is InChI=1S/C16H23Cl2N/c1-15(2,3)11-6-8-16(19,9-7-11)12-4-5-13(17)14(18)10-12/h4-5,10-11H,6-9,19H2,1-3H3. The molecule has 19 heavy (non-hydrogen) atoms. The fraction of sp³-hybridized carbons (Fsp3) is 0.625. The van der Waals surface area contributed by atoms with Crippen molar-refractivity contribution in [2.24, 2.45) is 17.1 Å². The lowest BCUT2D eigenvalue weighted by atomic mass is 9.66. The van der Waals surface area contributed by atoms with Crippen LogP contribution in [0.1, 0.15) is 52.0 Å². The van der Waals surface area contributed by atoms with Crippen molar-refractivity contribution < 1.29 is 0 Å². The van der Waals surface area contributed by atoms with E-state index in [1.54, 1.807) is 0 Å². The number of benzene rings is 1. The van der Waals surface area contributed by atoms with Crippen LogP contribution in [0.5, 0.6) is 0 Å². The van der Waals surface area contributed by atoms with Crippen LogP contribution in [0.2, 0.25) is 10.0 Å². The molecule has 2 rings (SSSR count). The van der Waals surface area contributed by atoms with Crippen molar-refractivity contribution in [2.45, 2.75) is 52.0 Å². The van der Waals surface area contributed by atoms with Crippen LogP contribution in [-0.2, 0) is 5.54 Å². The summed E-state index contributed by atoms with van der Waals surface area (Å²) >= 11 is 12.1. The Bertz CT molecular complexity index is 454. The first-order chi connectivity index (χ1) is 8.72. The van der Waals surface area contributed by atoms with E-state index < -0.39 is 0 Å². The van der Waals surface area contributed by atoms with Crippen molar-refractivity contribution in [3.63, 3.8) is 0 Å². The van der Waals surface area contributed by atoms with Crippen LogP contribution in [0.25, 0.3) is 0 Å². The van der Waals surface area contributed by atoms with E-state index in [0.29, 0.717) is 15.5 Å². The largest absolute Gasteiger partial charge is 0.321 e. The lowest BCUT2D eigenvalue weighted by Gasteiger charge is -2.42. The highest BCUT2D eigenvalue weighted by molar-refractivity contribution is 6.42. The highest BCUT2D eigenvalue weighted by Crippen LogP contribution is 2.44. The number of hydrogen-bond acceptors (Lipinski definition) is 1. The molecule has 1 nitrogen and oxygen atoms in total. The average molecular weight is 300 g/mol. The minimum atomic E-state index is -0.240. The summed E-state index contributed by atoms with van der Waals surface area (Å²) in [5, 5.41) is 1.19. The van der Waals surface area contributed by atoms with Gasteiger partial charge in [0.2, 0.25) is 0 Å².